The molecular formula is C13H16O2. The second kappa shape index (κ2) is 5.44. The molecule has 0 bridgehead atoms. The Morgan fingerprint density at radius 3 is 2.33 bits per heavy atom. The van der Waals surface area contributed by atoms with Gasteiger partial charge in [0.1, 0.15) is 12.1 Å². The van der Waals surface area contributed by atoms with E-state index in [2.05, 4.69) is 13.8 Å². The molecule has 0 saturated carbocycles. The Hall–Kier alpha value is -1.44. The number of ketones is 1. The van der Waals surface area contributed by atoms with Gasteiger partial charge in [-0.3, -0.25) is 4.79 Å². The molecule has 2 heteroatoms. The van der Waals surface area contributed by atoms with Crippen molar-refractivity contribution in [3.63, 3.8) is 0 Å². The minimum Gasteiger partial charge on any atom is -0.303 e. The first-order valence-electron chi connectivity index (χ1n) is 5.17. The molecule has 80 valence electrons. The molecule has 0 aliphatic carbocycles. The van der Waals surface area contributed by atoms with Crippen molar-refractivity contribution >= 4 is 12.1 Å². The van der Waals surface area contributed by atoms with E-state index in [0.29, 0.717) is 18.6 Å². The number of hydrogen-bond donors (Lipinski definition) is 0. The van der Waals surface area contributed by atoms with Gasteiger partial charge in [-0.15, -0.1) is 0 Å². The lowest BCUT2D eigenvalue weighted by molar-refractivity contribution is -0.121. The van der Waals surface area contributed by atoms with E-state index in [1.54, 1.807) is 0 Å². The summed E-state index contributed by atoms with van der Waals surface area (Å²) in [5, 5.41) is 0. The minimum absolute atomic E-state index is 0.0198. The normalized spacial score (nSPS) is 10.3. The van der Waals surface area contributed by atoms with Gasteiger partial charge in [0.2, 0.25) is 0 Å². The fraction of sp³-hybridized carbons (Fsp3) is 0.385. The van der Waals surface area contributed by atoms with Crippen LogP contribution in [0, 0.1) is 0 Å². The molecule has 2 nitrogen and oxygen atoms in total. The molecule has 0 atom stereocenters. The zero-order chi connectivity index (χ0) is 11.3. The molecule has 0 amide bonds. The maximum absolute atomic E-state index is 11.2. The van der Waals surface area contributed by atoms with Crippen molar-refractivity contribution in [1.82, 2.24) is 0 Å². The van der Waals surface area contributed by atoms with Crippen molar-refractivity contribution in [2.24, 2.45) is 0 Å². The van der Waals surface area contributed by atoms with Crippen LogP contribution < -0.4 is 0 Å². The van der Waals surface area contributed by atoms with E-state index in [1.165, 1.54) is 5.56 Å². The zero-order valence-corrected chi connectivity index (χ0v) is 9.19. The van der Waals surface area contributed by atoms with E-state index in [0.717, 1.165) is 5.56 Å². The lowest BCUT2D eigenvalue weighted by Gasteiger charge is -2.05. The lowest BCUT2D eigenvalue weighted by atomic mass is 10.00. The van der Waals surface area contributed by atoms with Crippen LogP contribution in [-0.4, -0.2) is 12.1 Å². The van der Waals surface area contributed by atoms with Gasteiger partial charge in [0, 0.05) is 6.42 Å². The molecule has 0 fully saturated rings. The summed E-state index contributed by atoms with van der Waals surface area (Å²) in [7, 11) is 0. The largest absolute Gasteiger partial charge is 0.303 e. The number of benzene rings is 1. The highest BCUT2D eigenvalue weighted by Crippen LogP contribution is 2.15. The predicted octanol–water partition coefficient (Wildman–Crippen LogP) is 2.51. The van der Waals surface area contributed by atoms with Crippen molar-refractivity contribution < 1.29 is 9.59 Å². The Bertz CT molecular complexity index is 336. The first-order valence-corrected chi connectivity index (χ1v) is 5.17. The third-order valence-corrected chi connectivity index (χ3v) is 2.36. The van der Waals surface area contributed by atoms with Crippen molar-refractivity contribution in [1.29, 1.82) is 0 Å². The van der Waals surface area contributed by atoms with Gasteiger partial charge in [-0.25, -0.2) is 0 Å². The third kappa shape index (κ3) is 3.66. The van der Waals surface area contributed by atoms with Crippen molar-refractivity contribution in [2.45, 2.75) is 32.6 Å². The zero-order valence-electron chi connectivity index (χ0n) is 9.19. The molecule has 1 aromatic carbocycles. The number of aldehydes is 1. The molecule has 0 N–H and O–H groups in total. The van der Waals surface area contributed by atoms with Crippen LogP contribution in [-0.2, 0) is 16.0 Å². The minimum atomic E-state index is -0.0257. The number of hydrogen-bond acceptors (Lipinski definition) is 2. The fourth-order valence-corrected chi connectivity index (χ4v) is 1.41. The summed E-state index contributed by atoms with van der Waals surface area (Å²) >= 11 is 0. The Morgan fingerprint density at radius 1 is 1.27 bits per heavy atom. The molecule has 15 heavy (non-hydrogen) atoms. The maximum atomic E-state index is 11.2. The third-order valence-electron chi connectivity index (χ3n) is 2.36. The highest BCUT2D eigenvalue weighted by Gasteiger charge is 2.03. The molecule has 0 aliphatic heterocycles. The van der Waals surface area contributed by atoms with Crippen LogP contribution in [0.5, 0.6) is 0 Å². The quantitative estimate of drug-likeness (QED) is 0.545. The summed E-state index contributed by atoms with van der Waals surface area (Å²) in [6.07, 6.45) is 1.04. The average molecular weight is 204 g/mol. The van der Waals surface area contributed by atoms with E-state index < -0.39 is 0 Å². The van der Waals surface area contributed by atoms with Crippen molar-refractivity contribution in [3.05, 3.63) is 35.4 Å². The van der Waals surface area contributed by atoms with Gasteiger partial charge in [-0.1, -0.05) is 38.1 Å². The first-order chi connectivity index (χ1) is 7.13. The highest BCUT2D eigenvalue weighted by atomic mass is 16.1. The van der Waals surface area contributed by atoms with Crippen LogP contribution in [0.2, 0.25) is 0 Å². The van der Waals surface area contributed by atoms with Crippen LogP contribution in [0.1, 0.15) is 37.3 Å². The van der Waals surface area contributed by atoms with Crippen LogP contribution >= 0.6 is 0 Å². The fourth-order valence-electron chi connectivity index (χ4n) is 1.41. The van der Waals surface area contributed by atoms with Crippen LogP contribution in [0.15, 0.2) is 24.3 Å². The second-order valence-corrected chi connectivity index (χ2v) is 3.98. The summed E-state index contributed by atoms with van der Waals surface area (Å²) in [5.74, 6) is 0.479. The van der Waals surface area contributed by atoms with Crippen LogP contribution in [0.4, 0.5) is 0 Å². The van der Waals surface area contributed by atoms with Crippen molar-refractivity contribution in [3.8, 4) is 0 Å². The van der Waals surface area contributed by atoms with Crippen molar-refractivity contribution in [2.75, 3.05) is 0 Å². The van der Waals surface area contributed by atoms with Gasteiger partial charge in [-0.05, 0) is 17.0 Å². The molecule has 0 radical (unpaired) electrons. The van der Waals surface area contributed by atoms with E-state index in [-0.39, 0.29) is 12.2 Å². The van der Waals surface area contributed by atoms with Crippen LogP contribution in [0.3, 0.4) is 0 Å². The smallest absolute Gasteiger partial charge is 0.144 e. The van der Waals surface area contributed by atoms with Gasteiger partial charge in [0.05, 0.1) is 6.42 Å². The summed E-state index contributed by atoms with van der Waals surface area (Å²) in [5.41, 5.74) is 2.24. The number of carbonyl (C=O) groups excluding carboxylic acids is 2. The number of Topliss-reactive ketones (excluding diaryl/α,β-unsaturated/α-hetero) is 1. The van der Waals surface area contributed by atoms with Crippen LogP contribution in [0.25, 0.3) is 0 Å². The van der Waals surface area contributed by atoms with Gasteiger partial charge < -0.3 is 4.79 Å². The van der Waals surface area contributed by atoms with Gasteiger partial charge >= 0.3 is 0 Å². The SMILES string of the molecule is CC(C)c1ccc(CC(=O)CC=O)cc1. The first kappa shape index (κ1) is 11.6. The van der Waals surface area contributed by atoms with Gasteiger partial charge in [0.15, 0.2) is 0 Å². The highest BCUT2D eigenvalue weighted by molar-refractivity contribution is 5.91. The van der Waals surface area contributed by atoms with E-state index in [4.69, 9.17) is 0 Å². The monoisotopic (exact) mass is 204 g/mol. The Kier molecular flexibility index (Phi) is 4.22. The summed E-state index contributed by atoms with van der Waals surface area (Å²) in [4.78, 5) is 21.3. The van der Waals surface area contributed by atoms with E-state index >= 15 is 0 Å². The summed E-state index contributed by atoms with van der Waals surface area (Å²) in [6, 6.07) is 7.98. The second-order valence-electron chi connectivity index (χ2n) is 3.98. The van der Waals surface area contributed by atoms with Gasteiger partial charge in [0.25, 0.3) is 0 Å². The Morgan fingerprint density at radius 2 is 1.87 bits per heavy atom. The molecule has 1 rings (SSSR count). The summed E-state index contributed by atoms with van der Waals surface area (Å²) < 4.78 is 0. The lowest BCUT2D eigenvalue weighted by Crippen LogP contribution is -2.03. The molecule has 0 spiro atoms. The average Bonchev–Trinajstić information content (AvgIpc) is 2.18. The summed E-state index contributed by atoms with van der Waals surface area (Å²) in [6.45, 7) is 4.26. The van der Waals surface area contributed by atoms with E-state index in [1.807, 2.05) is 24.3 Å². The predicted molar refractivity (Wildman–Crippen MR) is 59.9 cm³/mol. The molecule has 0 saturated heterocycles. The molecule has 0 aliphatic rings. The van der Waals surface area contributed by atoms with E-state index in [9.17, 15) is 9.59 Å². The number of rotatable bonds is 5. The maximum Gasteiger partial charge on any atom is 0.144 e. The molecule has 0 aromatic heterocycles. The molecule has 0 heterocycles. The molecular weight excluding hydrogens is 188 g/mol. The molecule has 0 unspecified atom stereocenters. The molecule has 1 aromatic rings. The topological polar surface area (TPSA) is 34.1 Å². The Labute approximate surface area is 90.3 Å². The van der Waals surface area contributed by atoms with Gasteiger partial charge in [-0.2, -0.15) is 0 Å². The Balaban J connectivity index is 2.64. The number of carbonyl (C=O) groups is 2. The standard InChI is InChI=1S/C13H16O2/c1-10(2)12-5-3-11(4-6-12)9-13(15)7-8-14/h3-6,8,10H,7,9H2,1-2H3.